The van der Waals surface area contributed by atoms with Crippen molar-refractivity contribution in [1.82, 2.24) is 4.57 Å². The zero-order valence-electron chi connectivity index (χ0n) is 15.6. The van der Waals surface area contributed by atoms with Gasteiger partial charge in [-0.3, -0.25) is 19.0 Å². The van der Waals surface area contributed by atoms with Gasteiger partial charge in [0.1, 0.15) is 5.69 Å². The lowest BCUT2D eigenvalue weighted by Crippen LogP contribution is -2.30. The highest BCUT2D eigenvalue weighted by Crippen LogP contribution is 2.55. The number of rotatable bonds is 8. The van der Waals surface area contributed by atoms with Gasteiger partial charge < -0.3 is 14.2 Å². The number of ether oxygens (including phenoxy) is 3. The second-order valence-electron chi connectivity index (χ2n) is 6.11. The van der Waals surface area contributed by atoms with Crippen LogP contribution in [0, 0.1) is 11.3 Å². The number of carbonyl (C=O) groups excluding carboxylic acids is 4. The smallest absolute Gasteiger partial charge is 0.355 e. The lowest BCUT2D eigenvalue weighted by atomic mass is 10.0. The van der Waals surface area contributed by atoms with Gasteiger partial charge in [-0.05, 0) is 31.9 Å². The molecule has 0 amide bonds. The third kappa shape index (κ3) is 4.10. The van der Waals surface area contributed by atoms with Gasteiger partial charge in [0.2, 0.25) is 5.91 Å². The summed E-state index contributed by atoms with van der Waals surface area (Å²) < 4.78 is 15.6. The molecule has 0 bridgehead atoms. The highest BCUT2D eigenvalue weighted by Gasteiger charge is 2.66. The molecule has 1 aliphatic carbocycles. The molecule has 1 aromatic heterocycles. The van der Waals surface area contributed by atoms with Crippen molar-refractivity contribution in [2.75, 3.05) is 20.8 Å². The van der Waals surface area contributed by atoms with Gasteiger partial charge in [0.05, 0.1) is 20.8 Å². The van der Waals surface area contributed by atoms with Crippen LogP contribution < -0.4 is 0 Å². The summed E-state index contributed by atoms with van der Waals surface area (Å²) in [6, 6.07) is 3.13. The van der Waals surface area contributed by atoms with E-state index in [1.807, 2.05) is 0 Å². The Morgan fingerprint density at radius 3 is 2.48 bits per heavy atom. The molecule has 2 rings (SSSR count). The van der Waals surface area contributed by atoms with Gasteiger partial charge in [-0.2, -0.15) is 0 Å². The van der Waals surface area contributed by atoms with Crippen molar-refractivity contribution in [3.63, 3.8) is 0 Å². The van der Waals surface area contributed by atoms with Crippen LogP contribution >= 0.6 is 0 Å². The Balaban J connectivity index is 1.93. The average Bonchev–Trinajstić information content (AvgIpc) is 3.18. The molecule has 1 fully saturated rings. The van der Waals surface area contributed by atoms with Gasteiger partial charge in [0.15, 0.2) is 5.41 Å². The number of nitrogens with zero attached hydrogens (tertiary/aromatic N) is 1. The third-order valence-electron chi connectivity index (χ3n) is 4.51. The normalized spacial score (nSPS) is 17.4. The summed E-state index contributed by atoms with van der Waals surface area (Å²) >= 11 is 0. The molecular weight excluding hydrogens is 354 g/mol. The van der Waals surface area contributed by atoms with Crippen molar-refractivity contribution in [2.24, 2.45) is 11.3 Å². The lowest BCUT2D eigenvalue weighted by Gasteiger charge is -2.10. The molecule has 1 aromatic rings. The molecule has 0 N–H and O–H groups in total. The van der Waals surface area contributed by atoms with Gasteiger partial charge in [-0.1, -0.05) is 12.2 Å². The Morgan fingerprint density at radius 2 is 1.89 bits per heavy atom. The summed E-state index contributed by atoms with van der Waals surface area (Å²) in [5.41, 5.74) is -1.09. The van der Waals surface area contributed by atoms with Crippen LogP contribution in [0.2, 0.25) is 0 Å². The van der Waals surface area contributed by atoms with Gasteiger partial charge in [0, 0.05) is 18.5 Å². The van der Waals surface area contributed by atoms with Crippen LogP contribution in [0.25, 0.3) is 0 Å². The number of hydrogen-bond donors (Lipinski definition) is 0. The third-order valence-corrected chi connectivity index (χ3v) is 4.51. The SMILES string of the molecule is CCOC(=O)c1cccn1C(=O)CC/C=C/C1CC1(C(=O)OC)C(=O)OC. The average molecular weight is 377 g/mol. The van der Waals surface area contributed by atoms with E-state index in [4.69, 9.17) is 14.2 Å². The van der Waals surface area contributed by atoms with Gasteiger partial charge in [-0.15, -0.1) is 0 Å². The van der Waals surface area contributed by atoms with Crippen molar-refractivity contribution >= 4 is 23.8 Å². The highest BCUT2D eigenvalue weighted by atomic mass is 16.5. The fourth-order valence-corrected chi connectivity index (χ4v) is 2.99. The Morgan fingerprint density at radius 1 is 1.22 bits per heavy atom. The minimum atomic E-state index is -1.28. The Hall–Kier alpha value is -2.90. The van der Waals surface area contributed by atoms with Crippen molar-refractivity contribution in [2.45, 2.75) is 26.2 Å². The van der Waals surface area contributed by atoms with E-state index in [1.54, 1.807) is 25.1 Å². The van der Waals surface area contributed by atoms with Crippen LogP contribution in [0.1, 0.15) is 41.5 Å². The minimum absolute atomic E-state index is 0.160. The monoisotopic (exact) mass is 377 g/mol. The van der Waals surface area contributed by atoms with E-state index in [0.717, 1.165) is 0 Å². The summed E-state index contributed by atoms with van der Waals surface area (Å²) in [5, 5.41) is 0. The maximum atomic E-state index is 12.3. The second kappa shape index (κ2) is 8.66. The molecule has 1 atom stereocenters. The van der Waals surface area contributed by atoms with Crippen LogP contribution in [-0.4, -0.2) is 49.2 Å². The largest absolute Gasteiger partial charge is 0.468 e. The van der Waals surface area contributed by atoms with Gasteiger partial charge >= 0.3 is 17.9 Å². The Labute approximate surface area is 157 Å². The number of hydrogen-bond acceptors (Lipinski definition) is 7. The van der Waals surface area contributed by atoms with Crippen molar-refractivity contribution in [3.8, 4) is 0 Å². The number of aromatic nitrogens is 1. The summed E-state index contributed by atoms with van der Waals surface area (Å²) in [6.07, 6.45) is 5.86. The van der Waals surface area contributed by atoms with Crippen molar-refractivity contribution in [3.05, 3.63) is 36.2 Å². The molecule has 1 saturated carbocycles. The molecule has 27 heavy (non-hydrogen) atoms. The first-order valence-electron chi connectivity index (χ1n) is 8.63. The first-order chi connectivity index (χ1) is 12.9. The molecule has 0 saturated heterocycles. The maximum Gasteiger partial charge on any atom is 0.355 e. The molecule has 1 heterocycles. The molecule has 8 heteroatoms. The van der Waals surface area contributed by atoms with Crippen LogP contribution in [0.4, 0.5) is 0 Å². The first-order valence-corrected chi connectivity index (χ1v) is 8.63. The summed E-state index contributed by atoms with van der Waals surface area (Å²) in [6.45, 7) is 1.92. The molecule has 0 radical (unpaired) electrons. The first kappa shape index (κ1) is 20.4. The molecule has 146 valence electrons. The van der Waals surface area contributed by atoms with Crippen LogP contribution in [0.15, 0.2) is 30.5 Å². The van der Waals surface area contributed by atoms with Gasteiger partial charge in [0.25, 0.3) is 0 Å². The summed E-state index contributed by atoms with van der Waals surface area (Å²) in [5.74, 6) is -2.35. The fourth-order valence-electron chi connectivity index (χ4n) is 2.99. The molecule has 1 unspecified atom stereocenters. The number of methoxy groups -OCH3 is 2. The summed E-state index contributed by atoms with van der Waals surface area (Å²) in [7, 11) is 2.45. The van der Waals surface area contributed by atoms with Crippen molar-refractivity contribution in [1.29, 1.82) is 0 Å². The Kier molecular flexibility index (Phi) is 6.55. The zero-order valence-corrected chi connectivity index (χ0v) is 15.6. The lowest BCUT2D eigenvalue weighted by molar-refractivity contribution is -0.161. The standard InChI is InChI=1S/C19H23NO7/c1-4-27-16(22)14-9-7-11-20(14)15(21)10-6-5-8-13-12-19(13,17(23)25-2)18(24)26-3/h5,7-9,11,13H,4,6,10,12H2,1-3H3/b8-5+. The van der Waals surface area contributed by atoms with Gasteiger partial charge in [-0.25, -0.2) is 4.79 Å². The molecule has 0 aromatic carbocycles. The van der Waals surface area contributed by atoms with Crippen molar-refractivity contribution < 1.29 is 33.4 Å². The maximum absolute atomic E-state index is 12.3. The second-order valence-corrected chi connectivity index (χ2v) is 6.11. The van der Waals surface area contributed by atoms with E-state index < -0.39 is 23.3 Å². The number of carbonyl (C=O) groups is 4. The molecule has 0 spiro atoms. The van der Waals surface area contributed by atoms with E-state index >= 15 is 0 Å². The van der Waals surface area contributed by atoms with Crippen LogP contribution in [-0.2, 0) is 23.8 Å². The molecule has 8 nitrogen and oxygen atoms in total. The van der Waals surface area contributed by atoms with E-state index in [0.29, 0.717) is 12.8 Å². The molecular formula is C19H23NO7. The van der Waals surface area contributed by atoms with Crippen LogP contribution in [0.3, 0.4) is 0 Å². The number of allylic oxidation sites excluding steroid dienone is 2. The highest BCUT2D eigenvalue weighted by molar-refractivity contribution is 6.04. The van der Waals surface area contributed by atoms with E-state index in [-0.39, 0.29) is 30.5 Å². The van der Waals surface area contributed by atoms with E-state index in [2.05, 4.69) is 0 Å². The Bertz CT molecular complexity index is 746. The quantitative estimate of drug-likeness (QED) is 0.295. The minimum Gasteiger partial charge on any atom is -0.468 e. The van der Waals surface area contributed by atoms with E-state index in [1.165, 1.54) is 31.0 Å². The number of esters is 3. The fraction of sp³-hybridized carbons (Fsp3) is 0.474. The predicted molar refractivity (Wildman–Crippen MR) is 94.0 cm³/mol. The van der Waals surface area contributed by atoms with E-state index in [9.17, 15) is 19.2 Å². The zero-order chi connectivity index (χ0) is 20.0. The molecule has 0 aliphatic heterocycles. The van der Waals surface area contributed by atoms with Crippen LogP contribution in [0.5, 0.6) is 0 Å². The summed E-state index contributed by atoms with van der Waals surface area (Å²) in [4.78, 5) is 47.9. The predicted octanol–water partition coefficient (Wildman–Crippen LogP) is 1.99. The topological polar surface area (TPSA) is 101 Å². The molecule has 1 aliphatic rings.